The largest absolute Gasteiger partial charge is 0.474 e. The van der Waals surface area contributed by atoms with Gasteiger partial charge in [0.25, 0.3) is 0 Å². The molecular formula is C7H11N3O. The van der Waals surface area contributed by atoms with Crippen molar-refractivity contribution < 1.29 is 14.3 Å². The number of nitrogen functional groups attached to an aromatic ring is 1. The number of anilines is 1. The number of nitrogens with zero attached hydrogens (tertiary/aromatic N) is 2. The molecule has 0 bridgehead atoms. The molecule has 1 aromatic heterocycles. The van der Waals surface area contributed by atoms with Crippen LogP contribution in [-0.4, -0.2) is 16.3 Å². The first-order valence-corrected chi connectivity index (χ1v) is 2.75. The first kappa shape index (κ1) is 2.62. The van der Waals surface area contributed by atoms with Gasteiger partial charge in [0.15, 0.2) is 0 Å². The SMILES string of the molecule is [2H]C([2H])([2H])C([2H])(Oc1ccc(N)nn1)C([2H])([2H])[2H]. The maximum Gasteiger partial charge on any atom is 0.233 e. The Morgan fingerprint density at radius 1 is 1.64 bits per heavy atom. The number of rotatable bonds is 2. The van der Waals surface area contributed by atoms with Crippen molar-refractivity contribution in [3.8, 4) is 5.88 Å². The van der Waals surface area contributed by atoms with E-state index in [1.807, 2.05) is 0 Å². The molecule has 4 nitrogen and oxygen atoms in total. The Labute approximate surface area is 75.2 Å². The molecule has 1 aromatic rings. The molecule has 0 fully saturated rings. The number of hydrogen-bond donors (Lipinski definition) is 1. The molecule has 0 atom stereocenters. The second-order valence-electron chi connectivity index (χ2n) is 1.73. The summed E-state index contributed by atoms with van der Waals surface area (Å²) in [6.07, 6.45) is -3.12. The summed E-state index contributed by atoms with van der Waals surface area (Å²) in [6, 6.07) is 2.39. The van der Waals surface area contributed by atoms with Gasteiger partial charge in [-0.2, -0.15) is 0 Å². The van der Waals surface area contributed by atoms with E-state index >= 15 is 0 Å². The summed E-state index contributed by atoms with van der Waals surface area (Å²) in [6.45, 7) is -6.36. The minimum atomic E-state index is -3.18. The maximum absolute atomic E-state index is 7.57. The average Bonchev–Trinajstić information content (AvgIpc) is 2.18. The van der Waals surface area contributed by atoms with Crippen molar-refractivity contribution in [2.75, 3.05) is 5.73 Å². The van der Waals surface area contributed by atoms with Gasteiger partial charge in [-0.1, -0.05) is 0 Å². The van der Waals surface area contributed by atoms with Gasteiger partial charge < -0.3 is 10.5 Å². The van der Waals surface area contributed by atoms with Crippen molar-refractivity contribution in [1.82, 2.24) is 10.2 Å². The molecule has 0 aliphatic heterocycles. The standard InChI is InChI=1S/C7H11N3O/c1-5(2)11-7-4-3-6(8)9-10-7/h3-5H,1-2H3,(H2,8,9)/i1D3,2D3,5D. The smallest absolute Gasteiger partial charge is 0.233 e. The number of aromatic nitrogens is 2. The first-order valence-electron chi connectivity index (χ1n) is 6.25. The highest BCUT2D eigenvalue weighted by molar-refractivity contribution is 5.27. The molecule has 0 amide bonds. The van der Waals surface area contributed by atoms with Crippen molar-refractivity contribution in [3.05, 3.63) is 12.1 Å². The number of nitrogens with two attached hydrogens (primary N) is 1. The summed E-state index contributed by atoms with van der Waals surface area (Å²) in [5.74, 6) is -0.341. The monoisotopic (exact) mass is 160 g/mol. The Kier molecular flexibility index (Phi) is 0.759. The molecule has 0 aliphatic carbocycles. The van der Waals surface area contributed by atoms with E-state index < -0.39 is 25.7 Å². The van der Waals surface area contributed by atoms with Gasteiger partial charge in [0.1, 0.15) is 5.82 Å². The molecule has 1 rings (SSSR count). The van der Waals surface area contributed by atoms with E-state index in [2.05, 4.69) is 10.2 Å². The van der Waals surface area contributed by atoms with E-state index in [1.165, 1.54) is 6.07 Å². The van der Waals surface area contributed by atoms with Gasteiger partial charge in [-0.05, 0) is 19.8 Å². The molecule has 0 saturated heterocycles. The van der Waals surface area contributed by atoms with Crippen LogP contribution in [0, 0.1) is 0 Å². The second kappa shape index (κ2) is 3.18. The zero-order valence-electron chi connectivity index (χ0n) is 12.5. The topological polar surface area (TPSA) is 61.0 Å². The van der Waals surface area contributed by atoms with Crippen molar-refractivity contribution >= 4 is 5.82 Å². The lowest BCUT2D eigenvalue weighted by molar-refractivity contribution is 0.230. The molecule has 4 heteroatoms. The van der Waals surface area contributed by atoms with Crippen LogP contribution < -0.4 is 10.5 Å². The van der Waals surface area contributed by atoms with Crippen LogP contribution in [0.1, 0.15) is 23.3 Å². The van der Waals surface area contributed by atoms with Gasteiger partial charge in [0.2, 0.25) is 5.88 Å². The first-order chi connectivity index (χ1) is 7.97. The van der Waals surface area contributed by atoms with Crippen LogP contribution in [0.2, 0.25) is 0 Å². The fourth-order valence-electron chi connectivity index (χ4n) is 0.489. The molecule has 1 heterocycles. The number of ether oxygens (including phenoxy) is 1. The molecule has 0 radical (unpaired) electrons. The second-order valence-corrected chi connectivity index (χ2v) is 1.73. The van der Waals surface area contributed by atoms with Crippen LogP contribution in [-0.2, 0) is 0 Å². The summed E-state index contributed by atoms with van der Waals surface area (Å²) >= 11 is 0. The predicted octanol–water partition coefficient (Wildman–Crippen LogP) is 0.846. The fourth-order valence-corrected chi connectivity index (χ4v) is 0.489. The third-order valence-electron chi connectivity index (χ3n) is 0.867. The van der Waals surface area contributed by atoms with Crippen LogP contribution in [0.25, 0.3) is 0 Å². The summed E-state index contributed by atoms with van der Waals surface area (Å²) < 4.78 is 55.0. The quantitative estimate of drug-likeness (QED) is 0.696. The highest BCUT2D eigenvalue weighted by atomic mass is 16.5. The maximum atomic E-state index is 7.57. The molecule has 0 spiro atoms. The molecule has 0 unspecified atom stereocenters. The summed E-state index contributed by atoms with van der Waals surface area (Å²) in [5, 5.41) is 6.75. The van der Waals surface area contributed by atoms with E-state index in [-0.39, 0.29) is 5.82 Å². The normalized spacial score (nSPS) is 22.7. The summed E-state index contributed by atoms with van der Waals surface area (Å²) in [4.78, 5) is 0. The van der Waals surface area contributed by atoms with Gasteiger partial charge in [-0.15, -0.1) is 10.2 Å². The van der Waals surface area contributed by atoms with Crippen molar-refractivity contribution in [3.63, 3.8) is 0 Å². The van der Waals surface area contributed by atoms with Gasteiger partial charge in [0, 0.05) is 14.3 Å². The van der Waals surface area contributed by atoms with Crippen LogP contribution in [0.15, 0.2) is 12.1 Å². The van der Waals surface area contributed by atoms with E-state index in [9.17, 15) is 0 Å². The van der Waals surface area contributed by atoms with E-state index in [0.717, 1.165) is 6.07 Å². The molecule has 0 aliphatic rings. The Morgan fingerprint density at radius 2 is 2.45 bits per heavy atom. The summed E-state index contributed by atoms with van der Waals surface area (Å²) in [5.41, 5.74) is 5.26. The van der Waals surface area contributed by atoms with Gasteiger partial charge in [-0.25, -0.2) is 0 Å². The Balaban J connectivity index is 3.12. The van der Waals surface area contributed by atoms with Gasteiger partial charge in [0.05, 0.1) is 7.45 Å². The molecular weight excluding hydrogens is 142 g/mol. The van der Waals surface area contributed by atoms with Crippen molar-refractivity contribution in [2.24, 2.45) is 0 Å². The van der Waals surface area contributed by atoms with Gasteiger partial charge >= 0.3 is 0 Å². The third-order valence-corrected chi connectivity index (χ3v) is 0.867. The van der Waals surface area contributed by atoms with Gasteiger partial charge in [-0.3, -0.25) is 0 Å². The lowest BCUT2D eigenvalue weighted by Gasteiger charge is -2.06. The molecule has 60 valence electrons. The third kappa shape index (κ3) is 2.41. The zero-order valence-corrected chi connectivity index (χ0v) is 5.53. The van der Waals surface area contributed by atoms with Crippen LogP contribution in [0.5, 0.6) is 5.88 Å². The van der Waals surface area contributed by atoms with Crippen molar-refractivity contribution in [1.29, 1.82) is 0 Å². The molecule has 2 N–H and O–H groups in total. The Bertz CT molecular complexity index is 399. The highest BCUT2D eigenvalue weighted by Crippen LogP contribution is 2.06. The van der Waals surface area contributed by atoms with E-state index in [0.29, 0.717) is 0 Å². The van der Waals surface area contributed by atoms with Crippen molar-refractivity contribution in [2.45, 2.75) is 19.8 Å². The van der Waals surface area contributed by atoms with E-state index in [4.69, 9.17) is 20.1 Å². The van der Waals surface area contributed by atoms with Crippen LogP contribution in [0.4, 0.5) is 5.82 Å². The predicted molar refractivity (Wildman–Crippen MR) is 42.2 cm³/mol. The summed E-state index contributed by atoms with van der Waals surface area (Å²) in [7, 11) is 0. The Hall–Kier alpha value is -1.32. The lowest BCUT2D eigenvalue weighted by Crippen LogP contribution is -2.07. The minimum absolute atomic E-state index is 0.0562. The zero-order chi connectivity index (χ0) is 14.2. The average molecular weight is 160 g/mol. The number of hydrogen-bond acceptors (Lipinski definition) is 4. The van der Waals surface area contributed by atoms with Crippen LogP contribution in [0.3, 0.4) is 0 Å². The lowest BCUT2D eigenvalue weighted by atomic mass is 10.5. The minimum Gasteiger partial charge on any atom is -0.474 e. The molecule has 11 heavy (non-hydrogen) atoms. The fraction of sp³-hybridized carbons (Fsp3) is 0.429. The van der Waals surface area contributed by atoms with Crippen LogP contribution >= 0.6 is 0 Å². The van der Waals surface area contributed by atoms with E-state index in [1.54, 1.807) is 0 Å². The molecule has 0 saturated carbocycles. The molecule has 0 aromatic carbocycles. The Morgan fingerprint density at radius 3 is 3.00 bits per heavy atom. The highest BCUT2D eigenvalue weighted by Gasteiger charge is 1.97.